The molecule has 0 saturated heterocycles. The first-order valence-electron chi connectivity index (χ1n) is 4.29. The zero-order valence-electron chi connectivity index (χ0n) is 7.90. The number of rotatable bonds is 2. The van der Waals surface area contributed by atoms with Gasteiger partial charge < -0.3 is 5.73 Å². The van der Waals surface area contributed by atoms with Crippen LogP contribution in [0.2, 0.25) is 0 Å². The third kappa shape index (κ3) is 2.34. The Morgan fingerprint density at radius 2 is 1.93 bits per heavy atom. The Kier molecular flexibility index (Phi) is 3.82. The van der Waals surface area contributed by atoms with Crippen molar-refractivity contribution in [1.29, 1.82) is 0 Å². The molecule has 80 valence electrons. The van der Waals surface area contributed by atoms with Crippen LogP contribution < -0.4 is 5.73 Å². The topological polar surface area (TPSA) is 54.7 Å². The van der Waals surface area contributed by atoms with Crippen molar-refractivity contribution in [2.75, 3.05) is 0 Å². The summed E-state index contributed by atoms with van der Waals surface area (Å²) in [5, 5.41) is 6.73. The summed E-state index contributed by atoms with van der Waals surface area (Å²) < 4.78 is 12.7. The fourth-order valence-electron chi connectivity index (χ4n) is 1.33. The number of halogens is 2. The van der Waals surface area contributed by atoms with Gasteiger partial charge in [0.15, 0.2) is 0 Å². The number of nitrogens with one attached hydrogen (secondary N) is 1. The Labute approximate surface area is 92.9 Å². The Bertz CT molecular complexity index is 424. The van der Waals surface area contributed by atoms with Crippen LogP contribution in [0, 0.1) is 5.82 Å². The normalized spacial score (nSPS) is 9.73. The van der Waals surface area contributed by atoms with Crippen LogP contribution in [0.25, 0.3) is 11.3 Å². The summed E-state index contributed by atoms with van der Waals surface area (Å²) in [6, 6.07) is 6.22. The summed E-state index contributed by atoms with van der Waals surface area (Å²) in [4.78, 5) is 0. The van der Waals surface area contributed by atoms with Crippen molar-refractivity contribution in [1.82, 2.24) is 10.2 Å². The van der Waals surface area contributed by atoms with Gasteiger partial charge in [-0.25, -0.2) is 4.39 Å². The Morgan fingerprint density at radius 3 is 2.53 bits per heavy atom. The number of aromatic nitrogens is 2. The van der Waals surface area contributed by atoms with E-state index in [1.807, 2.05) is 0 Å². The second-order valence-electron chi connectivity index (χ2n) is 2.98. The maximum atomic E-state index is 12.7. The van der Waals surface area contributed by atoms with Gasteiger partial charge in [0.25, 0.3) is 0 Å². The number of benzene rings is 1. The van der Waals surface area contributed by atoms with Crippen molar-refractivity contribution in [3.8, 4) is 11.3 Å². The van der Waals surface area contributed by atoms with Crippen LogP contribution in [0.4, 0.5) is 4.39 Å². The van der Waals surface area contributed by atoms with Gasteiger partial charge in [-0.2, -0.15) is 5.10 Å². The van der Waals surface area contributed by atoms with Crippen LogP contribution in [0.5, 0.6) is 0 Å². The lowest BCUT2D eigenvalue weighted by molar-refractivity contribution is 0.628. The molecule has 0 radical (unpaired) electrons. The minimum atomic E-state index is -0.248. The minimum Gasteiger partial charge on any atom is -0.326 e. The molecule has 0 unspecified atom stereocenters. The SMILES string of the molecule is Cl.NCc1cn[nH]c1-c1ccc(F)cc1. The third-order valence-corrected chi connectivity index (χ3v) is 2.07. The monoisotopic (exact) mass is 227 g/mol. The van der Waals surface area contributed by atoms with Crippen LogP contribution in [-0.4, -0.2) is 10.2 Å². The van der Waals surface area contributed by atoms with Gasteiger partial charge in [0.05, 0.1) is 11.9 Å². The molecule has 5 heteroatoms. The number of nitrogens with two attached hydrogens (primary N) is 1. The summed E-state index contributed by atoms with van der Waals surface area (Å²) in [6.07, 6.45) is 1.68. The van der Waals surface area contributed by atoms with E-state index >= 15 is 0 Å². The summed E-state index contributed by atoms with van der Waals surface area (Å²) in [6.45, 7) is 0.420. The molecule has 1 aromatic carbocycles. The van der Waals surface area contributed by atoms with Crippen LogP contribution in [0.1, 0.15) is 5.56 Å². The van der Waals surface area contributed by atoms with Crippen molar-refractivity contribution in [2.24, 2.45) is 5.73 Å². The van der Waals surface area contributed by atoms with E-state index in [0.717, 1.165) is 16.8 Å². The van der Waals surface area contributed by atoms with Gasteiger partial charge in [0.1, 0.15) is 5.82 Å². The van der Waals surface area contributed by atoms with Crippen molar-refractivity contribution in [3.63, 3.8) is 0 Å². The highest BCUT2D eigenvalue weighted by molar-refractivity contribution is 5.85. The van der Waals surface area contributed by atoms with E-state index in [1.165, 1.54) is 12.1 Å². The maximum Gasteiger partial charge on any atom is 0.123 e. The molecule has 3 nitrogen and oxygen atoms in total. The molecule has 2 rings (SSSR count). The Balaban J connectivity index is 0.00000112. The molecule has 15 heavy (non-hydrogen) atoms. The summed E-state index contributed by atoms with van der Waals surface area (Å²) >= 11 is 0. The van der Waals surface area contributed by atoms with Gasteiger partial charge in [-0.15, -0.1) is 12.4 Å². The van der Waals surface area contributed by atoms with Gasteiger partial charge in [-0.3, -0.25) is 5.10 Å². The molecule has 0 aliphatic carbocycles. The molecule has 1 heterocycles. The molecule has 0 fully saturated rings. The molecule has 0 aliphatic rings. The summed E-state index contributed by atoms with van der Waals surface area (Å²) in [5.41, 5.74) is 8.20. The predicted octanol–water partition coefficient (Wildman–Crippen LogP) is 2.10. The molecule has 0 aliphatic heterocycles. The van der Waals surface area contributed by atoms with Crippen molar-refractivity contribution < 1.29 is 4.39 Å². The van der Waals surface area contributed by atoms with Crippen molar-refractivity contribution in [3.05, 3.63) is 41.8 Å². The van der Waals surface area contributed by atoms with Gasteiger partial charge >= 0.3 is 0 Å². The zero-order chi connectivity index (χ0) is 9.97. The van der Waals surface area contributed by atoms with E-state index in [2.05, 4.69) is 10.2 Å². The Morgan fingerprint density at radius 1 is 1.27 bits per heavy atom. The van der Waals surface area contributed by atoms with E-state index < -0.39 is 0 Å². The summed E-state index contributed by atoms with van der Waals surface area (Å²) in [7, 11) is 0. The zero-order valence-corrected chi connectivity index (χ0v) is 8.72. The lowest BCUT2D eigenvalue weighted by atomic mass is 10.1. The molecular formula is C10H11ClFN3. The average molecular weight is 228 g/mol. The van der Waals surface area contributed by atoms with E-state index in [-0.39, 0.29) is 18.2 Å². The van der Waals surface area contributed by atoms with E-state index in [9.17, 15) is 4.39 Å². The average Bonchev–Trinajstić information content (AvgIpc) is 2.67. The smallest absolute Gasteiger partial charge is 0.123 e. The quantitative estimate of drug-likeness (QED) is 0.826. The second-order valence-corrected chi connectivity index (χ2v) is 2.98. The molecule has 0 amide bonds. The van der Waals surface area contributed by atoms with Crippen LogP contribution in [0.3, 0.4) is 0 Å². The standard InChI is InChI=1S/C10H10FN3.ClH/c11-9-3-1-7(2-4-9)10-8(5-12)6-13-14-10;/h1-4,6H,5,12H2,(H,13,14);1H. The first-order chi connectivity index (χ1) is 6.81. The highest BCUT2D eigenvalue weighted by Crippen LogP contribution is 2.20. The van der Waals surface area contributed by atoms with Gasteiger partial charge in [-0.1, -0.05) is 0 Å². The highest BCUT2D eigenvalue weighted by atomic mass is 35.5. The van der Waals surface area contributed by atoms with Crippen LogP contribution in [-0.2, 0) is 6.54 Å². The van der Waals surface area contributed by atoms with E-state index in [4.69, 9.17) is 5.73 Å². The number of hydrogen-bond donors (Lipinski definition) is 2. The van der Waals surface area contributed by atoms with Crippen LogP contribution in [0.15, 0.2) is 30.5 Å². The molecule has 3 N–H and O–H groups in total. The molecular weight excluding hydrogens is 217 g/mol. The highest BCUT2D eigenvalue weighted by Gasteiger charge is 2.05. The van der Waals surface area contributed by atoms with Gasteiger partial charge in [-0.05, 0) is 24.3 Å². The second kappa shape index (κ2) is 4.91. The third-order valence-electron chi connectivity index (χ3n) is 2.07. The number of aromatic amines is 1. The first kappa shape index (κ1) is 11.7. The lowest BCUT2D eigenvalue weighted by Crippen LogP contribution is -1.96. The molecule has 0 spiro atoms. The van der Waals surface area contributed by atoms with Crippen LogP contribution >= 0.6 is 12.4 Å². The van der Waals surface area contributed by atoms with Crippen molar-refractivity contribution >= 4 is 12.4 Å². The minimum absolute atomic E-state index is 0. The maximum absolute atomic E-state index is 12.7. The van der Waals surface area contributed by atoms with Gasteiger partial charge in [0, 0.05) is 17.7 Å². The fraction of sp³-hybridized carbons (Fsp3) is 0.100. The number of hydrogen-bond acceptors (Lipinski definition) is 2. The van der Waals surface area contributed by atoms with Crippen molar-refractivity contribution in [2.45, 2.75) is 6.54 Å². The first-order valence-corrected chi connectivity index (χ1v) is 4.29. The molecule has 1 aromatic heterocycles. The number of H-pyrrole nitrogens is 1. The molecule has 0 saturated carbocycles. The largest absolute Gasteiger partial charge is 0.326 e. The lowest BCUT2D eigenvalue weighted by Gasteiger charge is -2.00. The predicted molar refractivity (Wildman–Crippen MR) is 59.1 cm³/mol. The number of nitrogens with zero attached hydrogens (tertiary/aromatic N) is 1. The molecule has 0 atom stereocenters. The van der Waals surface area contributed by atoms with E-state index in [0.29, 0.717) is 6.54 Å². The molecule has 2 aromatic rings. The van der Waals surface area contributed by atoms with E-state index in [1.54, 1.807) is 18.3 Å². The molecule has 0 bridgehead atoms. The fourth-order valence-corrected chi connectivity index (χ4v) is 1.33. The summed E-state index contributed by atoms with van der Waals surface area (Å²) in [5.74, 6) is -0.248. The van der Waals surface area contributed by atoms with Gasteiger partial charge in [0.2, 0.25) is 0 Å². The Hall–Kier alpha value is -1.39.